The number of carbonyl (C=O) groups is 1. The molecule has 0 saturated heterocycles. The number of anilines is 1. The fourth-order valence-electron chi connectivity index (χ4n) is 2.62. The molecule has 2 atom stereocenters. The molecule has 114 valence electrons. The number of nitro groups is 1. The Morgan fingerprint density at radius 1 is 1.48 bits per heavy atom. The molecule has 0 radical (unpaired) electrons. The van der Waals surface area contributed by atoms with Gasteiger partial charge in [-0.1, -0.05) is 24.9 Å². The van der Waals surface area contributed by atoms with E-state index in [0.717, 1.165) is 19.3 Å². The molecule has 2 unspecified atom stereocenters. The summed E-state index contributed by atoms with van der Waals surface area (Å²) in [5.41, 5.74) is 2.01. The SMILES string of the molecule is CC1CCCC1NC(=O)c1cc(Cl)c(NN)c([N+](=O)[O-])c1. The van der Waals surface area contributed by atoms with Gasteiger partial charge in [0.05, 0.1) is 9.95 Å². The molecule has 0 aliphatic heterocycles. The summed E-state index contributed by atoms with van der Waals surface area (Å²) in [4.78, 5) is 22.6. The maximum atomic E-state index is 12.2. The van der Waals surface area contributed by atoms with Crippen LogP contribution in [0.1, 0.15) is 36.5 Å². The summed E-state index contributed by atoms with van der Waals surface area (Å²) in [5.74, 6) is 5.27. The van der Waals surface area contributed by atoms with E-state index in [1.165, 1.54) is 12.1 Å². The second-order valence-corrected chi connectivity index (χ2v) is 5.65. The number of nitro benzene ring substituents is 1. The molecule has 1 fully saturated rings. The van der Waals surface area contributed by atoms with Crippen molar-refractivity contribution in [2.24, 2.45) is 11.8 Å². The molecular formula is C13H17ClN4O3. The summed E-state index contributed by atoms with van der Waals surface area (Å²) in [7, 11) is 0. The zero-order chi connectivity index (χ0) is 15.6. The molecule has 8 heteroatoms. The molecule has 0 bridgehead atoms. The number of rotatable bonds is 4. The molecule has 1 aromatic carbocycles. The third-order valence-electron chi connectivity index (χ3n) is 3.85. The highest BCUT2D eigenvalue weighted by atomic mass is 35.5. The molecule has 1 saturated carbocycles. The predicted molar refractivity (Wildman–Crippen MR) is 80.2 cm³/mol. The van der Waals surface area contributed by atoms with Gasteiger partial charge in [0, 0.05) is 17.7 Å². The quantitative estimate of drug-likeness (QED) is 0.449. The lowest BCUT2D eigenvalue weighted by Crippen LogP contribution is -2.36. The number of carbonyl (C=O) groups excluding carboxylic acids is 1. The van der Waals surface area contributed by atoms with Crippen LogP contribution in [0, 0.1) is 16.0 Å². The zero-order valence-electron chi connectivity index (χ0n) is 11.6. The van der Waals surface area contributed by atoms with E-state index in [-0.39, 0.29) is 33.9 Å². The number of amides is 1. The molecule has 1 aromatic rings. The standard InChI is InChI=1S/C13H17ClN4O3/c1-7-3-2-4-10(7)16-13(19)8-5-9(14)12(17-15)11(6-8)18(20)21/h5-7,10,17H,2-4,15H2,1H3,(H,16,19). The first-order valence-corrected chi connectivity index (χ1v) is 7.07. The van der Waals surface area contributed by atoms with Crippen LogP contribution in [-0.4, -0.2) is 16.9 Å². The Hall–Kier alpha value is -1.86. The van der Waals surface area contributed by atoms with Gasteiger partial charge in [-0.3, -0.25) is 20.8 Å². The smallest absolute Gasteiger partial charge is 0.295 e. The minimum atomic E-state index is -0.629. The highest BCUT2D eigenvalue weighted by Crippen LogP contribution is 2.33. The van der Waals surface area contributed by atoms with Crippen LogP contribution < -0.4 is 16.6 Å². The largest absolute Gasteiger partial charge is 0.349 e. The number of hydrogen-bond donors (Lipinski definition) is 3. The number of halogens is 1. The lowest BCUT2D eigenvalue weighted by atomic mass is 10.1. The Labute approximate surface area is 127 Å². The van der Waals surface area contributed by atoms with Crippen LogP contribution in [0.25, 0.3) is 0 Å². The maximum absolute atomic E-state index is 12.2. The Kier molecular flexibility index (Phi) is 4.64. The van der Waals surface area contributed by atoms with Crippen molar-refractivity contribution in [3.05, 3.63) is 32.8 Å². The summed E-state index contributed by atoms with van der Waals surface area (Å²) in [6, 6.07) is 2.65. The minimum absolute atomic E-state index is 0.00699. The zero-order valence-corrected chi connectivity index (χ0v) is 12.3. The van der Waals surface area contributed by atoms with Gasteiger partial charge in [-0.15, -0.1) is 0 Å². The van der Waals surface area contributed by atoms with Gasteiger partial charge in [0.2, 0.25) is 0 Å². The van der Waals surface area contributed by atoms with Crippen molar-refractivity contribution < 1.29 is 9.72 Å². The average molecular weight is 313 g/mol. The molecule has 1 aliphatic carbocycles. The van der Waals surface area contributed by atoms with Crippen LogP contribution in [0.5, 0.6) is 0 Å². The number of nitrogens with zero attached hydrogens (tertiary/aromatic N) is 1. The molecule has 21 heavy (non-hydrogen) atoms. The number of nitrogen functional groups attached to an aromatic ring is 1. The summed E-state index contributed by atoms with van der Waals surface area (Å²) >= 11 is 5.94. The third kappa shape index (κ3) is 3.25. The molecular weight excluding hydrogens is 296 g/mol. The van der Waals surface area contributed by atoms with Gasteiger partial charge in [0.15, 0.2) is 0 Å². The van der Waals surface area contributed by atoms with Crippen molar-refractivity contribution in [1.82, 2.24) is 5.32 Å². The maximum Gasteiger partial charge on any atom is 0.295 e. The molecule has 7 nitrogen and oxygen atoms in total. The molecule has 0 aromatic heterocycles. The van der Waals surface area contributed by atoms with Crippen LogP contribution in [0.2, 0.25) is 5.02 Å². The first-order valence-electron chi connectivity index (χ1n) is 6.69. The van der Waals surface area contributed by atoms with E-state index in [4.69, 9.17) is 17.4 Å². The van der Waals surface area contributed by atoms with E-state index in [0.29, 0.717) is 5.92 Å². The van der Waals surface area contributed by atoms with Crippen LogP contribution in [0.4, 0.5) is 11.4 Å². The summed E-state index contributed by atoms with van der Waals surface area (Å²) in [5, 5.41) is 14.0. The van der Waals surface area contributed by atoms with Gasteiger partial charge >= 0.3 is 0 Å². The monoisotopic (exact) mass is 312 g/mol. The summed E-state index contributed by atoms with van der Waals surface area (Å²) in [6.07, 6.45) is 3.07. The Bertz CT molecular complexity index is 579. The van der Waals surface area contributed by atoms with Gasteiger partial charge in [-0.25, -0.2) is 0 Å². The summed E-state index contributed by atoms with van der Waals surface area (Å²) in [6.45, 7) is 2.08. The van der Waals surface area contributed by atoms with Crippen molar-refractivity contribution in [3.8, 4) is 0 Å². The number of benzene rings is 1. The van der Waals surface area contributed by atoms with Crippen molar-refractivity contribution in [1.29, 1.82) is 0 Å². The Balaban J connectivity index is 2.27. The van der Waals surface area contributed by atoms with Crippen LogP contribution in [0.3, 0.4) is 0 Å². The van der Waals surface area contributed by atoms with Crippen LogP contribution in [0.15, 0.2) is 12.1 Å². The highest BCUT2D eigenvalue weighted by molar-refractivity contribution is 6.34. The number of nitrogens with two attached hydrogens (primary N) is 1. The van der Waals surface area contributed by atoms with Crippen LogP contribution in [-0.2, 0) is 0 Å². The van der Waals surface area contributed by atoms with E-state index >= 15 is 0 Å². The fraction of sp³-hybridized carbons (Fsp3) is 0.462. The number of hydrogen-bond acceptors (Lipinski definition) is 5. The first kappa shape index (κ1) is 15.5. The van der Waals surface area contributed by atoms with Gasteiger partial charge < -0.3 is 10.7 Å². The predicted octanol–water partition coefficient (Wildman–Crippen LogP) is 2.45. The second-order valence-electron chi connectivity index (χ2n) is 5.24. The fourth-order valence-corrected chi connectivity index (χ4v) is 2.89. The first-order chi connectivity index (χ1) is 9.93. The van der Waals surface area contributed by atoms with E-state index in [9.17, 15) is 14.9 Å². The van der Waals surface area contributed by atoms with E-state index in [1.807, 2.05) is 0 Å². The van der Waals surface area contributed by atoms with Crippen molar-refractivity contribution in [2.75, 3.05) is 5.43 Å². The van der Waals surface area contributed by atoms with Gasteiger partial charge in [0.1, 0.15) is 5.69 Å². The molecule has 2 rings (SSSR count). The van der Waals surface area contributed by atoms with Crippen molar-refractivity contribution in [2.45, 2.75) is 32.2 Å². The van der Waals surface area contributed by atoms with E-state index < -0.39 is 4.92 Å². The van der Waals surface area contributed by atoms with Gasteiger partial charge in [-0.2, -0.15) is 0 Å². The molecule has 1 aliphatic rings. The Morgan fingerprint density at radius 3 is 2.71 bits per heavy atom. The van der Waals surface area contributed by atoms with E-state index in [1.54, 1.807) is 0 Å². The third-order valence-corrected chi connectivity index (χ3v) is 4.15. The topological polar surface area (TPSA) is 110 Å². The molecule has 0 heterocycles. The van der Waals surface area contributed by atoms with Crippen LogP contribution >= 0.6 is 11.6 Å². The molecule has 1 amide bonds. The van der Waals surface area contributed by atoms with Crippen molar-refractivity contribution >= 4 is 28.9 Å². The van der Waals surface area contributed by atoms with Gasteiger partial charge in [-0.05, 0) is 24.8 Å². The normalized spacial score (nSPS) is 21.1. The van der Waals surface area contributed by atoms with Gasteiger partial charge in [0.25, 0.3) is 11.6 Å². The number of nitrogens with one attached hydrogen (secondary N) is 2. The molecule has 4 N–H and O–H groups in total. The molecule has 0 spiro atoms. The number of hydrazine groups is 1. The van der Waals surface area contributed by atoms with Crippen molar-refractivity contribution in [3.63, 3.8) is 0 Å². The lowest BCUT2D eigenvalue weighted by Gasteiger charge is -2.17. The van der Waals surface area contributed by atoms with E-state index in [2.05, 4.69) is 17.7 Å². The summed E-state index contributed by atoms with van der Waals surface area (Å²) < 4.78 is 0. The minimum Gasteiger partial charge on any atom is -0.349 e. The average Bonchev–Trinajstić information content (AvgIpc) is 2.83. The second kappa shape index (κ2) is 6.28. The lowest BCUT2D eigenvalue weighted by molar-refractivity contribution is -0.384. The highest BCUT2D eigenvalue weighted by Gasteiger charge is 2.27. The Morgan fingerprint density at radius 2 is 2.19 bits per heavy atom.